The van der Waals surface area contributed by atoms with Crippen LogP contribution < -0.4 is 5.32 Å². The molecule has 0 bridgehead atoms. The predicted octanol–water partition coefficient (Wildman–Crippen LogP) is 3.81. The summed E-state index contributed by atoms with van der Waals surface area (Å²) < 4.78 is 2.40. The number of rotatable bonds is 6. The van der Waals surface area contributed by atoms with Gasteiger partial charge < -0.3 is 5.32 Å². The first-order valence-electron chi connectivity index (χ1n) is 10.0. The fourth-order valence-corrected chi connectivity index (χ4v) is 3.69. The molecule has 0 saturated carbocycles. The van der Waals surface area contributed by atoms with E-state index in [1.807, 2.05) is 59.3 Å². The first kappa shape index (κ1) is 20.2. The zero-order chi connectivity index (χ0) is 20.8. The minimum absolute atomic E-state index is 0.00219. The standard InChI is InChI=1S/C22H24N6OS/c29-21(24-19-8-4-5-13-23-19)18-11-14-27(15-12-18)16-28-22(30)25-20(26-28)10-9-17-6-2-1-3-7-17/h1-10,13,18H,11-12,14-16H2,(H,23,24,29)(H,25,26,30). The number of hydrogen-bond acceptors (Lipinski definition) is 5. The van der Waals surface area contributed by atoms with E-state index in [0.29, 0.717) is 17.3 Å². The average molecular weight is 421 g/mol. The summed E-state index contributed by atoms with van der Waals surface area (Å²) in [6.45, 7) is 2.30. The molecule has 8 heteroatoms. The van der Waals surface area contributed by atoms with Crippen molar-refractivity contribution < 1.29 is 4.79 Å². The van der Waals surface area contributed by atoms with Gasteiger partial charge in [-0.15, -0.1) is 0 Å². The van der Waals surface area contributed by atoms with E-state index in [0.717, 1.165) is 37.3 Å². The number of carbonyl (C=O) groups is 1. The van der Waals surface area contributed by atoms with Crippen molar-refractivity contribution in [3.05, 3.63) is 70.9 Å². The van der Waals surface area contributed by atoms with Crippen LogP contribution in [0.1, 0.15) is 24.2 Å². The second-order valence-corrected chi connectivity index (χ2v) is 7.67. The van der Waals surface area contributed by atoms with Gasteiger partial charge in [-0.3, -0.25) is 14.8 Å². The summed E-state index contributed by atoms with van der Waals surface area (Å²) in [6, 6.07) is 15.6. The molecule has 7 nitrogen and oxygen atoms in total. The van der Waals surface area contributed by atoms with E-state index in [9.17, 15) is 4.79 Å². The molecule has 3 aromatic rings. The van der Waals surface area contributed by atoms with Crippen LogP contribution in [0.2, 0.25) is 0 Å². The lowest BCUT2D eigenvalue weighted by Crippen LogP contribution is -2.39. The molecule has 0 atom stereocenters. The number of anilines is 1. The number of piperidine rings is 1. The molecule has 1 fully saturated rings. The number of amides is 1. The van der Waals surface area contributed by atoms with Crippen molar-refractivity contribution in [2.24, 2.45) is 5.92 Å². The lowest BCUT2D eigenvalue weighted by molar-refractivity contribution is -0.121. The molecule has 3 heterocycles. The zero-order valence-electron chi connectivity index (χ0n) is 16.6. The molecule has 0 unspecified atom stereocenters. The summed E-state index contributed by atoms with van der Waals surface area (Å²) in [4.78, 5) is 23.3. The summed E-state index contributed by atoms with van der Waals surface area (Å²) in [6.07, 6.45) is 7.22. The molecular formula is C22H24N6OS. The molecule has 1 saturated heterocycles. The van der Waals surface area contributed by atoms with E-state index in [-0.39, 0.29) is 11.8 Å². The summed E-state index contributed by atoms with van der Waals surface area (Å²) in [5.41, 5.74) is 1.11. The van der Waals surface area contributed by atoms with Gasteiger partial charge in [0.1, 0.15) is 11.6 Å². The number of benzene rings is 1. The lowest BCUT2D eigenvalue weighted by atomic mass is 9.96. The highest BCUT2D eigenvalue weighted by molar-refractivity contribution is 7.71. The van der Waals surface area contributed by atoms with Gasteiger partial charge in [-0.1, -0.05) is 42.5 Å². The van der Waals surface area contributed by atoms with Crippen LogP contribution in [-0.4, -0.2) is 43.6 Å². The molecule has 1 amide bonds. The Bertz CT molecular complexity index is 1050. The van der Waals surface area contributed by atoms with Crippen LogP contribution in [0.4, 0.5) is 5.82 Å². The Hall–Kier alpha value is -3.10. The van der Waals surface area contributed by atoms with Gasteiger partial charge in [0.15, 0.2) is 0 Å². The normalized spacial score (nSPS) is 15.5. The van der Waals surface area contributed by atoms with Crippen LogP contribution in [0.25, 0.3) is 12.2 Å². The predicted molar refractivity (Wildman–Crippen MR) is 120 cm³/mol. The lowest BCUT2D eigenvalue weighted by Gasteiger charge is -2.31. The van der Waals surface area contributed by atoms with Crippen molar-refractivity contribution in [1.29, 1.82) is 0 Å². The Morgan fingerprint density at radius 1 is 1.13 bits per heavy atom. The smallest absolute Gasteiger partial charge is 0.228 e. The Morgan fingerprint density at radius 3 is 2.63 bits per heavy atom. The van der Waals surface area contributed by atoms with Crippen LogP contribution in [0.15, 0.2) is 54.7 Å². The number of pyridine rings is 1. The SMILES string of the molecule is O=C(Nc1ccccn1)C1CCN(Cn2[nH]c(C=Cc3ccccc3)nc2=S)CC1. The van der Waals surface area contributed by atoms with Crippen molar-refractivity contribution in [1.82, 2.24) is 24.6 Å². The minimum Gasteiger partial charge on any atom is -0.310 e. The molecule has 1 aliphatic rings. The number of aromatic nitrogens is 4. The monoisotopic (exact) mass is 420 g/mol. The van der Waals surface area contributed by atoms with Gasteiger partial charge in [-0.25, -0.2) is 9.67 Å². The van der Waals surface area contributed by atoms with E-state index < -0.39 is 0 Å². The third kappa shape index (κ3) is 5.28. The topological polar surface area (TPSA) is 78.8 Å². The number of hydrogen-bond donors (Lipinski definition) is 2. The van der Waals surface area contributed by atoms with E-state index >= 15 is 0 Å². The van der Waals surface area contributed by atoms with Gasteiger partial charge in [-0.2, -0.15) is 4.98 Å². The van der Waals surface area contributed by atoms with Crippen LogP contribution in [-0.2, 0) is 11.5 Å². The van der Waals surface area contributed by atoms with Crippen LogP contribution in [0.5, 0.6) is 0 Å². The van der Waals surface area contributed by atoms with Crippen molar-refractivity contribution in [2.45, 2.75) is 19.5 Å². The largest absolute Gasteiger partial charge is 0.310 e. The maximum atomic E-state index is 12.5. The van der Waals surface area contributed by atoms with Gasteiger partial charge in [0.25, 0.3) is 0 Å². The fraction of sp³-hybridized carbons (Fsp3) is 0.273. The summed E-state index contributed by atoms with van der Waals surface area (Å²) >= 11 is 5.40. The maximum absolute atomic E-state index is 12.5. The Labute approximate surface area is 180 Å². The molecule has 0 spiro atoms. The Morgan fingerprint density at radius 2 is 1.90 bits per heavy atom. The summed E-state index contributed by atoms with van der Waals surface area (Å²) in [5, 5.41) is 6.15. The molecule has 30 heavy (non-hydrogen) atoms. The third-order valence-corrected chi connectivity index (χ3v) is 5.46. The molecule has 0 radical (unpaired) electrons. The number of aromatic amines is 1. The number of nitrogens with zero attached hydrogens (tertiary/aromatic N) is 4. The summed E-state index contributed by atoms with van der Waals surface area (Å²) in [5.74, 6) is 1.38. The molecule has 2 N–H and O–H groups in total. The Kier molecular flexibility index (Phi) is 6.46. The number of carbonyl (C=O) groups excluding carboxylic acids is 1. The maximum Gasteiger partial charge on any atom is 0.228 e. The molecular weight excluding hydrogens is 396 g/mol. The number of H-pyrrole nitrogens is 1. The molecule has 0 aliphatic carbocycles. The van der Waals surface area contributed by atoms with E-state index in [2.05, 4.69) is 25.3 Å². The highest BCUT2D eigenvalue weighted by atomic mass is 32.1. The van der Waals surface area contributed by atoms with Crippen LogP contribution in [0, 0.1) is 10.7 Å². The second kappa shape index (κ2) is 9.60. The Balaban J connectivity index is 1.30. The molecule has 1 aliphatic heterocycles. The van der Waals surface area contributed by atoms with Gasteiger partial charge in [0, 0.05) is 25.2 Å². The second-order valence-electron chi connectivity index (χ2n) is 7.30. The van der Waals surface area contributed by atoms with Gasteiger partial charge >= 0.3 is 0 Å². The highest BCUT2D eigenvalue weighted by Gasteiger charge is 2.25. The quantitative estimate of drug-likeness (QED) is 0.593. The first-order valence-corrected chi connectivity index (χ1v) is 10.4. The van der Waals surface area contributed by atoms with Crippen LogP contribution >= 0.6 is 12.2 Å². The molecule has 154 valence electrons. The first-order chi connectivity index (χ1) is 14.7. The number of nitrogens with one attached hydrogen (secondary N) is 2. The van der Waals surface area contributed by atoms with Crippen molar-refractivity contribution in [2.75, 3.05) is 18.4 Å². The van der Waals surface area contributed by atoms with E-state index in [1.165, 1.54) is 0 Å². The summed E-state index contributed by atoms with van der Waals surface area (Å²) in [7, 11) is 0. The minimum atomic E-state index is 0.00219. The van der Waals surface area contributed by atoms with Crippen LogP contribution in [0.3, 0.4) is 0 Å². The average Bonchev–Trinajstić information content (AvgIpc) is 3.13. The van der Waals surface area contributed by atoms with Crippen molar-refractivity contribution >= 4 is 36.1 Å². The molecule has 1 aromatic carbocycles. The van der Waals surface area contributed by atoms with E-state index in [4.69, 9.17) is 12.2 Å². The van der Waals surface area contributed by atoms with Crippen molar-refractivity contribution in [3.8, 4) is 0 Å². The number of likely N-dealkylation sites (tertiary alicyclic amines) is 1. The van der Waals surface area contributed by atoms with Gasteiger partial charge in [0.05, 0.1) is 6.67 Å². The zero-order valence-corrected chi connectivity index (χ0v) is 17.4. The van der Waals surface area contributed by atoms with Gasteiger partial charge in [0.2, 0.25) is 10.7 Å². The van der Waals surface area contributed by atoms with Crippen molar-refractivity contribution in [3.63, 3.8) is 0 Å². The third-order valence-electron chi connectivity index (χ3n) is 5.15. The van der Waals surface area contributed by atoms with E-state index in [1.54, 1.807) is 12.3 Å². The highest BCUT2D eigenvalue weighted by Crippen LogP contribution is 2.19. The molecule has 2 aromatic heterocycles. The van der Waals surface area contributed by atoms with Gasteiger partial charge in [-0.05, 0) is 48.8 Å². The fourth-order valence-electron chi connectivity index (χ4n) is 3.49. The molecule has 4 rings (SSSR count).